The average Bonchev–Trinajstić information content (AvgIpc) is 2.27. The van der Waals surface area contributed by atoms with Crippen LogP contribution in [0, 0.1) is 6.92 Å². The molecule has 102 valence electrons. The highest BCUT2D eigenvalue weighted by molar-refractivity contribution is 7.92. The monoisotopic (exact) mass is 271 g/mol. The normalized spacial score (nSPS) is 11.3. The molecule has 0 fully saturated rings. The summed E-state index contributed by atoms with van der Waals surface area (Å²) in [4.78, 5) is 2.15. The van der Waals surface area contributed by atoms with Gasteiger partial charge in [0.1, 0.15) is 0 Å². The van der Waals surface area contributed by atoms with Crippen LogP contribution in [0.25, 0.3) is 0 Å². The molecular formula is C12H21N3O2S. The molecule has 5 nitrogen and oxygen atoms in total. The fraction of sp³-hybridized carbons (Fsp3) is 0.500. The van der Waals surface area contributed by atoms with E-state index in [-0.39, 0.29) is 0 Å². The summed E-state index contributed by atoms with van der Waals surface area (Å²) in [6, 6.07) is 3.65. The minimum Gasteiger partial charge on any atom is -0.397 e. The highest BCUT2D eigenvalue weighted by atomic mass is 32.2. The Kier molecular flexibility index (Phi) is 4.45. The van der Waals surface area contributed by atoms with E-state index in [0.29, 0.717) is 11.4 Å². The Hall–Kier alpha value is -1.43. The Bertz CT molecular complexity index is 522. The molecule has 0 amide bonds. The van der Waals surface area contributed by atoms with Crippen molar-refractivity contribution < 1.29 is 8.42 Å². The first kappa shape index (κ1) is 14.6. The maximum Gasteiger partial charge on any atom is 0.229 e. The zero-order valence-electron chi connectivity index (χ0n) is 11.3. The van der Waals surface area contributed by atoms with Crippen LogP contribution < -0.4 is 15.4 Å². The van der Waals surface area contributed by atoms with Gasteiger partial charge in [-0.15, -0.1) is 0 Å². The average molecular weight is 271 g/mol. The molecule has 0 aliphatic heterocycles. The molecule has 0 aliphatic rings. The second kappa shape index (κ2) is 5.48. The predicted molar refractivity (Wildman–Crippen MR) is 77.6 cm³/mol. The van der Waals surface area contributed by atoms with E-state index in [4.69, 9.17) is 5.73 Å². The van der Waals surface area contributed by atoms with Gasteiger partial charge in [0.05, 0.1) is 17.6 Å². The molecule has 0 aromatic heterocycles. The van der Waals surface area contributed by atoms with Gasteiger partial charge in [0.15, 0.2) is 0 Å². The summed E-state index contributed by atoms with van der Waals surface area (Å²) in [6.07, 6.45) is 1.12. The van der Waals surface area contributed by atoms with Crippen LogP contribution in [-0.2, 0) is 10.0 Å². The van der Waals surface area contributed by atoms with Gasteiger partial charge in [-0.2, -0.15) is 0 Å². The van der Waals surface area contributed by atoms with E-state index in [1.165, 1.54) is 0 Å². The van der Waals surface area contributed by atoms with Crippen LogP contribution in [0.4, 0.5) is 17.1 Å². The number of anilines is 3. The smallest absolute Gasteiger partial charge is 0.229 e. The maximum atomic E-state index is 11.3. The van der Waals surface area contributed by atoms with Gasteiger partial charge in [-0.05, 0) is 38.5 Å². The number of sulfonamides is 1. The van der Waals surface area contributed by atoms with E-state index in [1.807, 2.05) is 13.0 Å². The standard InChI is InChI=1S/C12H21N3O2S/c1-5-15(6-2)11-8-7-10(13)12(9(11)3)14-18(4,16)17/h7-8,14H,5-6,13H2,1-4H3. The molecule has 1 aromatic carbocycles. The minimum atomic E-state index is -3.33. The third-order valence-corrected chi connectivity index (χ3v) is 3.44. The highest BCUT2D eigenvalue weighted by Gasteiger charge is 2.14. The molecular weight excluding hydrogens is 250 g/mol. The fourth-order valence-corrected chi connectivity index (χ4v) is 2.59. The predicted octanol–water partition coefficient (Wildman–Crippen LogP) is 1.79. The molecule has 6 heteroatoms. The molecule has 1 rings (SSSR count). The summed E-state index contributed by atoms with van der Waals surface area (Å²) in [5.74, 6) is 0. The second-order valence-electron chi connectivity index (χ2n) is 4.22. The molecule has 18 heavy (non-hydrogen) atoms. The Morgan fingerprint density at radius 1 is 1.28 bits per heavy atom. The third kappa shape index (κ3) is 3.29. The molecule has 0 saturated heterocycles. The Morgan fingerprint density at radius 3 is 2.28 bits per heavy atom. The Morgan fingerprint density at radius 2 is 1.83 bits per heavy atom. The number of hydrogen-bond donors (Lipinski definition) is 2. The van der Waals surface area contributed by atoms with Crippen molar-refractivity contribution in [3.63, 3.8) is 0 Å². The number of nitrogen functional groups attached to an aromatic ring is 1. The van der Waals surface area contributed by atoms with E-state index < -0.39 is 10.0 Å². The van der Waals surface area contributed by atoms with Crippen LogP contribution in [0.1, 0.15) is 19.4 Å². The van der Waals surface area contributed by atoms with Crippen LogP contribution in [0.15, 0.2) is 12.1 Å². The quantitative estimate of drug-likeness (QED) is 0.801. The topological polar surface area (TPSA) is 75.4 Å². The second-order valence-corrected chi connectivity index (χ2v) is 5.97. The van der Waals surface area contributed by atoms with Crippen LogP contribution in [0.5, 0.6) is 0 Å². The van der Waals surface area contributed by atoms with Crippen LogP contribution in [0.2, 0.25) is 0 Å². The maximum absolute atomic E-state index is 11.3. The number of rotatable bonds is 5. The summed E-state index contributed by atoms with van der Waals surface area (Å²) in [6.45, 7) is 7.71. The van der Waals surface area contributed by atoms with Crippen molar-refractivity contribution in [1.82, 2.24) is 0 Å². The molecule has 0 atom stereocenters. The molecule has 1 aromatic rings. The zero-order valence-corrected chi connectivity index (χ0v) is 12.1. The van der Waals surface area contributed by atoms with Gasteiger partial charge in [-0.3, -0.25) is 4.72 Å². The first-order valence-electron chi connectivity index (χ1n) is 5.92. The number of hydrogen-bond acceptors (Lipinski definition) is 4. The van der Waals surface area contributed by atoms with Gasteiger partial charge in [0.2, 0.25) is 10.0 Å². The van der Waals surface area contributed by atoms with E-state index in [0.717, 1.165) is 30.6 Å². The summed E-state index contributed by atoms with van der Waals surface area (Å²) >= 11 is 0. The van der Waals surface area contributed by atoms with Gasteiger partial charge in [0.25, 0.3) is 0 Å². The van der Waals surface area contributed by atoms with Gasteiger partial charge < -0.3 is 10.6 Å². The third-order valence-electron chi connectivity index (χ3n) is 2.86. The molecule has 0 aliphatic carbocycles. The van der Waals surface area contributed by atoms with Crippen molar-refractivity contribution in [2.75, 3.05) is 34.7 Å². The van der Waals surface area contributed by atoms with Crippen molar-refractivity contribution >= 4 is 27.1 Å². The molecule has 0 saturated carbocycles. The first-order chi connectivity index (χ1) is 8.30. The highest BCUT2D eigenvalue weighted by Crippen LogP contribution is 2.32. The van der Waals surface area contributed by atoms with E-state index in [9.17, 15) is 8.42 Å². The van der Waals surface area contributed by atoms with Crippen LogP contribution in [0.3, 0.4) is 0 Å². The largest absolute Gasteiger partial charge is 0.397 e. The lowest BCUT2D eigenvalue weighted by Crippen LogP contribution is -2.23. The molecule has 3 N–H and O–H groups in total. The number of nitrogens with two attached hydrogens (primary N) is 1. The number of benzene rings is 1. The van der Waals surface area contributed by atoms with Gasteiger partial charge in [-0.25, -0.2) is 8.42 Å². The van der Waals surface area contributed by atoms with E-state index >= 15 is 0 Å². The SMILES string of the molecule is CCN(CC)c1ccc(N)c(NS(C)(=O)=O)c1C. The zero-order chi connectivity index (χ0) is 13.9. The van der Waals surface area contributed by atoms with Crippen LogP contribution in [-0.4, -0.2) is 27.8 Å². The van der Waals surface area contributed by atoms with Crippen LogP contribution >= 0.6 is 0 Å². The lowest BCUT2D eigenvalue weighted by Gasteiger charge is -2.25. The molecule has 0 heterocycles. The first-order valence-corrected chi connectivity index (χ1v) is 7.81. The van der Waals surface area contributed by atoms with Crippen molar-refractivity contribution in [1.29, 1.82) is 0 Å². The van der Waals surface area contributed by atoms with Gasteiger partial charge >= 0.3 is 0 Å². The number of nitrogens with one attached hydrogen (secondary N) is 1. The molecule has 0 bridgehead atoms. The molecule has 0 radical (unpaired) electrons. The van der Waals surface area contributed by atoms with Crippen molar-refractivity contribution in [3.05, 3.63) is 17.7 Å². The lowest BCUT2D eigenvalue weighted by molar-refractivity contribution is 0.607. The summed E-state index contributed by atoms with van der Waals surface area (Å²) in [5, 5.41) is 0. The van der Waals surface area contributed by atoms with Crippen molar-refractivity contribution in [2.24, 2.45) is 0 Å². The summed E-state index contributed by atoms with van der Waals surface area (Å²) in [7, 11) is -3.33. The van der Waals surface area contributed by atoms with E-state index in [2.05, 4.69) is 23.5 Å². The number of nitrogens with zero attached hydrogens (tertiary/aromatic N) is 1. The van der Waals surface area contributed by atoms with Crippen molar-refractivity contribution in [3.8, 4) is 0 Å². The Labute approximate surface area is 109 Å². The molecule has 0 spiro atoms. The van der Waals surface area contributed by atoms with Gasteiger partial charge in [0, 0.05) is 18.8 Å². The van der Waals surface area contributed by atoms with E-state index in [1.54, 1.807) is 6.07 Å². The fourth-order valence-electron chi connectivity index (χ4n) is 1.95. The summed E-state index contributed by atoms with van der Waals surface area (Å²) in [5.41, 5.74) is 8.60. The molecule has 0 unspecified atom stereocenters. The lowest BCUT2D eigenvalue weighted by atomic mass is 10.1. The van der Waals surface area contributed by atoms with Crippen molar-refractivity contribution in [2.45, 2.75) is 20.8 Å². The Balaban J connectivity index is 3.30. The van der Waals surface area contributed by atoms with Gasteiger partial charge in [-0.1, -0.05) is 0 Å². The minimum absolute atomic E-state index is 0.439. The summed E-state index contributed by atoms with van der Waals surface area (Å²) < 4.78 is 25.2.